The molecule has 0 saturated heterocycles. The van der Waals surface area contributed by atoms with Gasteiger partial charge in [0.1, 0.15) is 5.82 Å². The molecule has 0 aliphatic heterocycles. The molecule has 1 aromatic carbocycles. The van der Waals surface area contributed by atoms with Crippen LogP contribution >= 0.6 is 0 Å². The molecule has 2 aromatic rings. The number of hydrogen-bond acceptors (Lipinski definition) is 4. The zero-order chi connectivity index (χ0) is 11.5. The second kappa shape index (κ2) is 4.06. The average Bonchev–Trinajstić information content (AvgIpc) is 2.29. The summed E-state index contributed by atoms with van der Waals surface area (Å²) in [7, 11) is 0. The van der Waals surface area contributed by atoms with Gasteiger partial charge in [0.2, 0.25) is 5.78 Å². The van der Waals surface area contributed by atoms with E-state index in [0.717, 1.165) is 0 Å². The van der Waals surface area contributed by atoms with E-state index in [2.05, 4.69) is 9.97 Å². The van der Waals surface area contributed by atoms with Crippen molar-refractivity contribution in [2.45, 2.75) is 0 Å². The van der Waals surface area contributed by atoms with Gasteiger partial charge in [-0.15, -0.1) is 0 Å². The van der Waals surface area contributed by atoms with Crippen molar-refractivity contribution in [3.63, 3.8) is 0 Å². The van der Waals surface area contributed by atoms with Crippen molar-refractivity contribution >= 4 is 11.6 Å². The van der Waals surface area contributed by atoms with Gasteiger partial charge in [-0.25, -0.2) is 14.4 Å². The predicted octanol–water partition coefficient (Wildman–Crippen LogP) is 1.43. The fourth-order valence-electron chi connectivity index (χ4n) is 1.30. The molecular formula is C11H8FN3O. The first-order chi connectivity index (χ1) is 7.70. The highest BCUT2D eigenvalue weighted by atomic mass is 19.1. The van der Waals surface area contributed by atoms with Crippen LogP contribution in [0.3, 0.4) is 0 Å². The third kappa shape index (κ3) is 1.75. The lowest BCUT2D eigenvalue weighted by Crippen LogP contribution is -2.10. The Labute approximate surface area is 91.0 Å². The fourth-order valence-corrected chi connectivity index (χ4v) is 1.30. The number of carbonyl (C=O) groups is 1. The molecule has 0 bridgehead atoms. The Morgan fingerprint density at radius 1 is 1.19 bits per heavy atom. The number of nitrogen functional groups attached to an aromatic ring is 1. The molecule has 2 N–H and O–H groups in total. The van der Waals surface area contributed by atoms with Crippen molar-refractivity contribution in [3.05, 3.63) is 53.7 Å². The number of nitrogens with two attached hydrogens (primary N) is 1. The highest BCUT2D eigenvalue weighted by Gasteiger charge is 2.17. The van der Waals surface area contributed by atoms with E-state index in [1.54, 1.807) is 6.07 Å². The van der Waals surface area contributed by atoms with E-state index in [9.17, 15) is 9.18 Å². The molecule has 0 unspecified atom stereocenters. The predicted molar refractivity (Wildman–Crippen MR) is 56.3 cm³/mol. The molecule has 80 valence electrons. The Bertz CT molecular complexity index is 495. The summed E-state index contributed by atoms with van der Waals surface area (Å²) in [5, 5.41) is 0. The Morgan fingerprint density at radius 3 is 2.56 bits per heavy atom. The number of halogens is 1. The molecule has 0 spiro atoms. The van der Waals surface area contributed by atoms with Crippen molar-refractivity contribution in [1.82, 2.24) is 9.97 Å². The van der Waals surface area contributed by atoms with E-state index in [1.165, 1.54) is 30.6 Å². The quantitative estimate of drug-likeness (QED) is 0.772. The number of rotatable bonds is 2. The number of benzene rings is 1. The van der Waals surface area contributed by atoms with Crippen molar-refractivity contribution in [3.8, 4) is 0 Å². The van der Waals surface area contributed by atoms with Gasteiger partial charge in [-0.2, -0.15) is 0 Å². The number of nitrogens with zero attached hydrogens (tertiary/aromatic N) is 2. The molecule has 5 heteroatoms. The monoisotopic (exact) mass is 217 g/mol. The normalized spacial score (nSPS) is 10.1. The molecule has 0 radical (unpaired) electrons. The number of aromatic nitrogens is 2. The zero-order valence-corrected chi connectivity index (χ0v) is 8.22. The highest BCUT2D eigenvalue weighted by Crippen LogP contribution is 2.14. The Kier molecular flexibility index (Phi) is 2.59. The standard InChI is InChI=1S/C11H8FN3O/c12-8-4-2-1-3-7(8)10(16)9-11(13)15-6-5-14-9/h1-6H,(H2,13,15). The average molecular weight is 217 g/mol. The maximum Gasteiger partial charge on any atom is 0.218 e. The third-order valence-corrected chi connectivity index (χ3v) is 2.06. The van der Waals surface area contributed by atoms with Crippen LogP contribution in [-0.4, -0.2) is 15.8 Å². The molecule has 1 heterocycles. The molecule has 0 amide bonds. The minimum Gasteiger partial charge on any atom is -0.382 e. The summed E-state index contributed by atoms with van der Waals surface area (Å²) in [5.41, 5.74) is 5.40. The first kappa shape index (κ1) is 10.2. The van der Waals surface area contributed by atoms with Crippen LogP contribution in [0.25, 0.3) is 0 Å². The summed E-state index contributed by atoms with van der Waals surface area (Å²) in [6.07, 6.45) is 2.71. The summed E-state index contributed by atoms with van der Waals surface area (Å²) >= 11 is 0. The van der Waals surface area contributed by atoms with Gasteiger partial charge < -0.3 is 5.73 Å². The van der Waals surface area contributed by atoms with Crippen molar-refractivity contribution in [2.24, 2.45) is 0 Å². The van der Waals surface area contributed by atoms with E-state index in [0.29, 0.717) is 0 Å². The van der Waals surface area contributed by atoms with Gasteiger partial charge in [-0.1, -0.05) is 12.1 Å². The molecule has 2 rings (SSSR count). The number of carbonyl (C=O) groups excluding carboxylic acids is 1. The molecule has 0 aliphatic carbocycles. The van der Waals surface area contributed by atoms with Gasteiger partial charge in [-0.05, 0) is 12.1 Å². The summed E-state index contributed by atoms with van der Waals surface area (Å²) in [4.78, 5) is 19.4. The van der Waals surface area contributed by atoms with Gasteiger partial charge in [0.25, 0.3) is 0 Å². The number of hydrogen-bond donors (Lipinski definition) is 1. The highest BCUT2D eigenvalue weighted by molar-refractivity contribution is 6.10. The van der Waals surface area contributed by atoms with Crippen LogP contribution in [0.2, 0.25) is 0 Å². The molecule has 0 aliphatic rings. The fraction of sp³-hybridized carbons (Fsp3) is 0. The SMILES string of the molecule is Nc1nccnc1C(=O)c1ccccc1F. The number of ketones is 1. The van der Waals surface area contributed by atoms with Crippen LogP contribution in [0.5, 0.6) is 0 Å². The largest absolute Gasteiger partial charge is 0.382 e. The first-order valence-electron chi connectivity index (χ1n) is 4.56. The first-order valence-corrected chi connectivity index (χ1v) is 4.56. The van der Waals surface area contributed by atoms with Gasteiger partial charge in [0, 0.05) is 12.4 Å². The third-order valence-electron chi connectivity index (χ3n) is 2.06. The van der Waals surface area contributed by atoms with Crippen molar-refractivity contribution in [1.29, 1.82) is 0 Å². The van der Waals surface area contributed by atoms with E-state index in [1.807, 2.05) is 0 Å². The van der Waals surface area contributed by atoms with Gasteiger partial charge >= 0.3 is 0 Å². The molecule has 0 saturated carbocycles. The molecular weight excluding hydrogens is 209 g/mol. The number of anilines is 1. The van der Waals surface area contributed by atoms with Crippen LogP contribution < -0.4 is 5.73 Å². The minimum absolute atomic E-state index is 0.00393. The van der Waals surface area contributed by atoms with Crippen LogP contribution in [0.4, 0.5) is 10.2 Å². The van der Waals surface area contributed by atoms with Crippen molar-refractivity contribution in [2.75, 3.05) is 5.73 Å². The Morgan fingerprint density at radius 2 is 1.88 bits per heavy atom. The van der Waals surface area contributed by atoms with E-state index in [4.69, 9.17) is 5.73 Å². The van der Waals surface area contributed by atoms with Gasteiger partial charge in [0.05, 0.1) is 5.56 Å². The maximum atomic E-state index is 13.3. The lowest BCUT2D eigenvalue weighted by molar-refractivity contribution is 0.103. The zero-order valence-electron chi connectivity index (χ0n) is 8.22. The van der Waals surface area contributed by atoms with Crippen LogP contribution in [0.1, 0.15) is 16.1 Å². The lowest BCUT2D eigenvalue weighted by atomic mass is 10.1. The molecule has 4 nitrogen and oxygen atoms in total. The molecule has 0 atom stereocenters. The maximum absolute atomic E-state index is 13.3. The second-order valence-electron chi connectivity index (χ2n) is 3.10. The summed E-state index contributed by atoms with van der Waals surface area (Å²) in [6, 6.07) is 5.67. The van der Waals surface area contributed by atoms with Gasteiger partial charge in [0.15, 0.2) is 11.5 Å². The molecule has 0 fully saturated rings. The Balaban J connectivity index is 2.48. The molecule has 1 aromatic heterocycles. The van der Waals surface area contributed by atoms with E-state index in [-0.39, 0.29) is 17.1 Å². The molecule has 16 heavy (non-hydrogen) atoms. The van der Waals surface area contributed by atoms with Gasteiger partial charge in [-0.3, -0.25) is 4.79 Å². The smallest absolute Gasteiger partial charge is 0.218 e. The van der Waals surface area contributed by atoms with Crippen LogP contribution in [0.15, 0.2) is 36.7 Å². The second-order valence-corrected chi connectivity index (χ2v) is 3.10. The summed E-state index contributed by atoms with van der Waals surface area (Å²) in [6.45, 7) is 0. The van der Waals surface area contributed by atoms with E-state index >= 15 is 0 Å². The van der Waals surface area contributed by atoms with E-state index < -0.39 is 11.6 Å². The van der Waals surface area contributed by atoms with Crippen molar-refractivity contribution < 1.29 is 9.18 Å². The lowest BCUT2D eigenvalue weighted by Gasteiger charge is -2.03. The summed E-state index contributed by atoms with van der Waals surface area (Å²) in [5.74, 6) is -1.17. The van der Waals surface area contributed by atoms with Crippen LogP contribution in [0, 0.1) is 5.82 Å². The Hall–Kier alpha value is -2.30. The minimum atomic E-state index is -0.599. The topological polar surface area (TPSA) is 68.9 Å². The summed E-state index contributed by atoms with van der Waals surface area (Å²) < 4.78 is 13.3. The van der Waals surface area contributed by atoms with Crippen LogP contribution in [-0.2, 0) is 0 Å².